The first-order valence-electron chi connectivity index (χ1n) is 8.03. The molecular formula is C17H27N5O. The Balaban J connectivity index is 1.83. The summed E-state index contributed by atoms with van der Waals surface area (Å²) < 4.78 is 7.39. The Morgan fingerprint density at radius 3 is 2.91 bits per heavy atom. The van der Waals surface area contributed by atoms with Crippen molar-refractivity contribution in [1.29, 1.82) is 0 Å². The standard InChI is InChI=1S/C17H27N5O/c1-13(12-23-4)20-17(18-3)19-10-7-11-22-14(2)21-15-8-5-6-9-16(15)22/h5-6,8-9,13H,7,10-12H2,1-4H3,(H2,18,19,20). The minimum absolute atomic E-state index is 0.228. The lowest BCUT2D eigenvalue weighted by Crippen LogP contribution is -2.44. The number of rotatable bonds is 7. The van der Waals surface area contributed by atoms with Gasteiger partial charge in [0.05, 0.1) is 17.6 Å². The number of aliphatic imine (C=N–C) groups is 1. The van der Waals surface area contributed by atoms with Crippen molar-refractivity contribution in [3.63, 3.8) is 0 Å². The van der Waals surface area contributed by atoms with Crippen LogP contribution in [0.25, 0.3) is 11.0 Å². The van der Waals surface area contributed by atoms with E-state index in [2.05, 4.69) is 57.2 Å². The number of para-hydroxylation sites is 2. The monoisotopic (exact) mass is 317 g/mol. The van der Waals surface area contributed by atoms with Gasteiger partial charge in [-0.15, -0.1) is 0 Å². The van der Waals surface area contributed by atoms with E-state index >= 15 is 0 Å². The predicted molar refractivity (Wildman–Crippen MR) is 94.9 cm³/mol. The van der Waals surface area contributed by atoms with E-state index in [-0.39, 0.29) is 6.04 Å². The third-order valence-corrected chi connectivity index (χ3v) is 3.72. The molecule has 0 amide bonds. The van der Waals surface area contributed by atoms with Crippen LogP contribution in [0.2, 0.25) is 0 Å². The SMILES string of the molecule is CN=C(NCCCn1c(C)nc2ccccc21)NC(C)COC. The molecule has 2 rings (SSSR count). The average Bonchev–Trinajstić information content (AvgIpc) is 2.86. The molecule has 0 aliphatic rings. The third kappa shape index (κ3) is 4.69. The van der Waals surface area contributed by atoms with Crippen LogP contribution in [-0.4, -0.2) is 48.9 Å². The second-order valence-electron chi connectivity index (χ2n) is 5.65. The number of nitrogens with one attached hydrogen (secondary N) is 2. The Morgan fingerprint density at radius 1 is 1.39 bits per heavy atom. The Labute approximate surface area is 138 Å². The van der Waals surface area contributed by atoms with Gasteiger partial charge in [0.1, 0.15) is 5.82 Å². The minimum Gasteiger partial charge on any atom is -0.383 e. The number of fused-ring (bicyclic) bond motifs is 1. The number of guanidine groups is 1. The molecule has 2 N–H and O–H groups in total. The topological polar surface area (TPSA) is 63.5 Å². The molecule has 1 unspecified atom stereocenters. The Hall–Kier alpha value is -2.08. The molecule has 1 aromatic carbocycles. The van der Waals surface area contributed by atoms with Crippen LogP contribution in [-0.2, 0) is 11.3 Å². The lowest BCUT2D eigenvalue weighted by molar-refractivity contribution is 0.179. The van der Waals surface area contributed by atoms with Gasteiger partial charge < -0.3 is 19.9 Å². The molecule has 1 aromatic heterocycles. The highest BCUT2D eigenvalue weighted by atomic mass is 16.5. The highest BCUT2D eigenvalue weighted by Crippen LogP contribution is 2.15. The summed E-state index contributed by atoms with van der Waals surface area (Å²) in [7, 11) is 3.48. The first kappa shape index (κ1) is 17.3. The summed E-state index contributed by atoms with van der Waals surface area (Å²) in [4.78, 5) is 8.83. The first-order valence-corrected chi connectivity index (χ1v) is 8.03. The first-order chi connectivity index (χ1) is 11.2. The number of hydrogen-bond acceptors (Lipinski definition) is 3. The van der Waals surface area contributed by atoms with Crippen LogP contribution < -0.4 is 10.6 Å². The van der Waals surface area contributed by atoms with E-state index in [1.54, 1.807) is 14.2 Å². The van der Waals surface area contributed by atoms with Crippen LogP contribution >= 0.6 is 0 Å². The molecule has 0 bridgehead atoms. The summed E-state index contributed by atoms with van der Waals surface area (Å²) in [5.41, 5.74) is 2.25. The van der Waals surface area contributed by atoms with Crippen LogP contribution in [0, 0.1) is 6.92 Å². The summed E-state index contributed by atoms with van der Waals surface area (Å²) in [6.07, 6.45) is 1.00. The van der Waals surface area contributed by atoms with Crippen molar-refractivity contribution in [2.75, 3.05) is 27.3 Å². The van der Waals surface area contributed by atoms with Gasteiger partial charge >= 0.3 is 0 Å². The molecule has 0 saturated carbocycles. The van der Waals surface area contributed by atoms with Gasteiger partial charge in [-0.3, -0.25) is 4.99 Å². The minimum atomic E-state index is 0.228. The van der Waals surface area contributed by atoms with Crippen molar-refractivity contribution in [3.05, 3.63) is 30.1 Å². The van der Waals surface area contributed by atoms with Gasteiger partial charge in [-0.25, -0.2) is 4.98 Å². The van der Waals surface area contributed by atoms with Crippen molar-refractivity contribution in [2.24, 2.45) is 4.99 Å². The Bertz CT molecular complexity index is 649. The number of hydrogen-bond donors (Lipinski definition) is 2. The van der Waals surface area contributed by atoms with Gasteiger partial charge in [0.2, 0.25) is 0 Å². The molecule has 0 radical (unpaired) electrons. The fourth-order valence-electron chi connectivity index (χ4n) is 2.64. The van der Waals surface area contributed by atoms with Crippen molar-refractivity contribution in [1.82, 2.24) is 20.2 Å². The van der Waals surface area contributed by atoms with Gasteiger partial charge in [0.15, 0.2) is 5.96 Å². The van der Waals surface area contributed by atoms with Crippen LogP contribution in [0.1, 0.15) is 19.2 Å². The van der Waals surface area contributed by atoms with Gasteiger partial charge in [0.25, 0.3) is 0 Å². The predicted octanol–water partition coefficient (Wildman–Crippen LogP) is 1.93. The molecule has 0 fully saturated rings. The molecule has 0 spiro atoms. The van der Waals surface area contributed by atoms with E-state index in [9.17, 15) is 0 Å². The van der Waals surface area contributed by atoms with E-state index in [0.717, 1.165) is 36.8 Å². The lowest BCUT2D eigenvalue weighted by Gasteiger charge is -2.17. The molecule has 6 nitrogen and oxygen atoms in total. The number of nitrogens with zero attached hydrogens (tertiary/aromatic N) is 3. The van der Waals surface area contributed by atoms with Crippen LogP contribution in [0.15, 0.2) is 29.3 Å². The van der Waals surface area contributed by atoms with Crippen molar-refractivity contribution in [3.8, 4) is 0 Å². The molecule has 23 heavy (non-hydrogen) atoms. The van der Waals surface area contributed by atoms with E-state index in [4.69, 9.17) is 4.74 Å². The van der Waals surface area contributed by atoms with Crippen LogP contribution in [0.3, 0.4) is 0 Å². The maximum absolute atomic E-state index is 5.12. The fourth-order valence-corrected chi connectivity index (χ4v) is 2.64. The van der Waals surface area contributed by atoms with Gasteiger partial charge in [-0.05, 0) is 32.4 Å². The average molecular weight is 317 g/mol. The number of ether oxygens (including phenoxy) is 1. The molecule has 0 saturated heterocycles. The fraction of sp³-hybridized carbons (Fsp3) is 0.529. The number of imidazole rings is 1. The Kier molecular flexibility index (Phi) is 6.40. The molecule has 2 aromatic rings. The van der Waals surface area contributed by atoms with Gasteiger partial charge in [-0.1, -0.05) is 12.1 Å². The second kappa shape index (κ2) is 8.53. The zero-order chi connectivity index (χ0) is 16.7. The normalized spacial score (nSPS) is 13.3. The quantitative estimate of drug-likeness (QED) is 0.465. The van der Waals surface area contributed by atoms with Crippen LogP contribution in [0.4, 0.5) is 0 Å². The van der Waals surface area contributed by atoms with Gasteiger partial charge in [0, 0.05) is 33.3 Å². The zero-order valence-electron chi connectivity index (χ0n) is 14.5. The smallest absolute Gasteiger partial charge is 0.191 e. The maximum atomic E-state index is 5.12. The number of methoxy groups -OCH3 is 1. The summed E-state index contributed by atoms with van der Waals surface area (Å²) in [5, 5.41) is 6.64. The molecule has 1 atom stereocenters. The molecule has 0 aliphatic carbocycles. The number of aryl methyl sites for hydroxylation is 2. The van der Waals surface area contributed by atoms with E-state index in [1.165, 1.54) is 5.52 Å². The van der Waals surface area contributed by atoms with Crippen molar-refractivity contribution < 1.29 is 4.74 Å². The maximum Gasteiger partial charge on any atom is 0.191 e. The number of benzene rings is 1. The summed E-state index contributed by atoms with van der Waals surface area (Å²) >= 11 is 0. The second-order valence-corrected chi connectivity index (χ2v) is 5.65. The Morgan fingerprint density at radius 2 is 2.17 bits per heavy atom. The number of aromatic nitrogens is 2. The van der Waals surface area contributed by atoms with E-state index in [1.807, 2.05) is 6.07 Å². The third-order valence-electron chi connectivity index (χ3n) is 3.72. The summed E-state index contributed by atoms with van der Waals surface area (Å²) in [6.45, 7) is 6.56. The molecule has 6 heteroatoms. The molecular weight excluding hydrogens is 290 g/mol. The zero-order valence-corrected chi connectivity index (χ0v) is 14.5. The van der Waals surface area contributed by atoms with Crippen LogP contribution in [0.5, 0.6) is 0 Å². The highest BCUT2D eigenvalue weighted by Gasteiger charge is 2.07. The largest absolute Gasteiger partial charge is 0.383 e. The highest BCUT2D eigenvalue weighted by molar-refractivity contribution is 5.79. The molecule has 126 valence electrons. The molecule has 0 aliphatic heterocycles. The van der Waals surface area contributed by atoms with Crippen molar-refractivity contribution in [2.45, 2.75) is 32.9 Å². The summed E-state index contributed by atoms with van der Waals surface area (Å²) in [6, 6.07) is 8.49. The van der Waals surface area contributed by atoms with Gasteiger partial charge in [-0.2, -0.15) is 0 Å². The van der Waals surface area contributed by atoms with E-state index in [0.29, 0.717) is 6.61 Å². The summed E-state index contributed by atoms with van der Waals surface area (Å²) in [5.74, 6) is 1.86. The lowest BCUT2D eigenvalue weighted by atomic mass is 10.3. The molecule has 1 heterocycles. The van der Waals surface area contributed by atoms with Crippen molar-refractivity contribution >= 4 is 17.0 Å². The van der Waals surface area contributed by atoms with E-state index < -0.39 is 0 Å².